The molecule has 4 rings (SSSR count). The third-order valence-electron chi connectivity index (χ3n) is 12.8. The van der Waals surface area contributed by atoms with E-state index in [4.69, 9.17) is 0 Å². The van der Waals surface area contributed by atoms with E-state index < -0.39 is 0 Å². The smallest absolute Gasteiger partial charge is 0.138 e. The molecular weight excluding hydrogens is 400 g/mol. The first-order chi connectivity index (χ1) is 15.1. The van der Waals surface area contributed by atoms with Crippen LogP contribution in [0.3, 0.4) is 0 Å². The van der Waals surface area contributed by atoms with E-state index in [1.807, 2.05) is 11.1 Å². The van der Waals surface area contributed by atoms with Crippen molar-refractivity contribution in [2.24, 2.45) is 50.7 Å². The molecule has 4 aliphatic rings. The summed E-state index contributed by atoms with van der Waals surface area (Å²) in [5.41, 5.74) is 5.01. The Hall–Kier alpha value is -0.590. The summed E-state index contributed by atoms with van der Waals surface area (Å²) < 4.78 is 0. The van der Waals surface area contributed by atoms with E-state index >= 15 is 0 Å². The van der Waals surface area contributed by atoms with Crippen LogP contribution in [0.4, 0.5) is 0 Å². The topological polar surface area (TPSA) is 17.1 Å². The van der Waals surface area contributed by atoms with E-state index in [2.05, 4.69) is 69.2 Å². The van der Waals surface area contributed by atoms with Crippen molar-refractivity contribution in [3.05, 3.63) is 11.1 Å². The molecule has 0 bridgehead atoms. The van der Waals surface area contributed by atoms with Gasteiger partial charge in [-0.1, -0.05) is 86.8 Å². The van der Waals surface area contributed by atoms with Crippen LogP contribution in [-0.2, 0) is 4.79 Å². The molecule has 0 amide bonds. The van der Waals surface area contributed by atoms with Crippen LogP contribution < -0.4 is 0 Å². The normalized spacial score (nSPS) is 42.4. The van der Waals surface area contributed by atoms with Crippen LogP contribution in [0.15, 0.2) is 11.1 Å². The van der Waals surface area contributed by atoms with Gasteiger partial charge in [-0.25, -0.2) is 0 Å². The minimum atomic E-state index is -0.149. The summed E-state index contributed by atoms with van der Waals surface area (Å²) in [6.07, 6.45) is 12.6. The highest BCUT2D eigenvalue weighted by Gasteiger charge is 2.63. The number of carbonyl (C=O) groups excluding carboxylic acids is 1. The van der Waals surface area contributed by atoms with Crippen molar-refractivity contribution in [1.29, 1.82) is 0 Å². The zero-order chi connectivity index (χ0) is 24.6. The Morgan fingerprint density at radius 2 is 1.52 bits per heavy atom. The standard InChI is InChI=1S/C32H54O/c1-21(11-12-22(2)28(3,4)5)23-15-19-32(10)25-13-14-26-29(6,7)27(33)17-18-30(26,8)24(25)16-20-31(23,32)9/h21-23,26H,11-20H2,1-10H3/t21?,22?,23?,26-,30+,31+,32-/m0/s1. The second-order valence-corrected chi connectivity index (χ2v) is 15.3. The van der Waals surface area contributed by atoms with Gasteiger partial charge in [0.1, 0.15) is 5.78 Å². The van der Waals surface area contributed by atoms with E-state index in [0.29, 0.717) is 27.9 Å². The second kappa shape index (κ2) is 7.96. The Kier molecular flexibility index (Phi) is 6.15. The van der Waals surface area contributed by atoms with Crippen LogP contribution in [0.5, 0.6) is 0 Å². The van der Waals surface area contributed by atoms with Crippen LogP contribution in [0.2, 0.25) is 0 Å². The van der Waals surface area contributed by atoms with Crippen LogP contribution in [0.1, 0.15) is 133 Å². The molecule has 1 nitrogen and oxygen atoms in total. The van der Waals surface area contributed by atoms with Crippen LogP contribution in [-0.4, -0.2) is 5.78 Å². The van der Waals surface area contributed by atoms with E-state index in [0.717, 1.165) is 30.6 Å². The lowest BCUT2D eigenvalue weighted by Crippen LogP contribution is -2.53. The van der Waals surface area contributed by atoms with Gasteiger partial charge >= 0.3 is 0 Å². The maximum atomic E-state index is 12.8. The molecule has 3 unspecified atom stereocenters. The van der Waals surface area contributed by atoms with Gasteiger partial charge in [0.05, 0.1) is 0 Å². The molecule has 188 valence electrons. The molecule has 2 saturated carbocycles. The molecule has 0 aliphatic heterocycles. The number of rotatable bonds is 4. The van der Waals surface area contributed by atoms with Gasteiger partial charge in [0, 0.05) is 11.8 Å². The predicted octanol–water partition coefficient (Wildman–Crippen LogP) is 9.40. The highest BCUT2D eigenvalue weighted by Crippen LogP contribution is 2.72. The van der Waals surface area contributed by atoms with Crippen molar-refractivity contribution in [3.63, 3.8) is 0 Å². The molecule has 33 heavy (non-hydrogen) atoms. The number of hydrogen-bond acceptors (Lipinski definition) is 1. The summed E-state index contributed by atoms with van der Waals surface area (Å²) in [4.78, 5) is 12.8. The van der Waals surface area contributed by atoms with Gasteiger partial charge in [-0.05, 0) is 96.7 Å². The second-order valence-electron chi connectivity index (χ2n) is 15.3. The Bertz CT molecular complexity index is 824. The summed E-state index contributed by atoms with van der Waals surface area (Å²) in [6.45, 7) is 24.7. The van der Waals surface area contributed by atoms with E-state index in [1.54, 1.807) is 0 Å². The van der Waals surface area contributed by atoms with Crippen molar-refractivity contribution in [2.45, 2.75) is 133 Å². The number of allylic oxidation sites excluding steroid dienone is 2. The molecule has 0 aromatic rings. The fourth-order valence-electron chi connectivity index (χ4n) is 9.59. The van der Waals surface area contributed by atoms with E-state index in [9.17, 15) is 4.79 Å². The van der Waals surface area contributed by atoms with Gasteiger partial charge in [0.15, 0.2) is 0 Å². The zero-order valence-corrected chi connectivity index (χ0v) is 23.8. The summed E-state index contributed by atoms with van der Waals surface area (Å²) in [7, 11) is 0. The maximum absolute atomic E-state index is 12.8. The molecule has 0 aromatic heterocycles. The summed E-state index contributed by atoms with van der Waals surface area (Å²) >= 11 is 0. The van der Waals surface area contributed by atoms with Crippen molar-refractivity contribution in [2.75, 3.05) is 0 Å². The molecule has 7 atom stereocenters. The van der Waals surface area contributed by atoms with Crippen molar-refractivity contribution >= 4 is 5.78 Å². The summed E-state index contributed by atoms with van der Waals surface area (Å²) in [5.74, 6) is 3.52. The third kappa shape index (κ3) is 3.64. The van der Waals surface area contributed by atoms with E-state index in [-0.39, 0.29) is 10.8 Å². The third-order valence-corrected chi connectivity index (χ3v) is 12.8. The predicted molar refractivity (Wildman–Crippen MR) is 141 cm³/mol. The highest BCUT2D eigenvalue weighted by atomic mass is 16.1. The molecule has 0 aromatic carbocycles. The fraction of sp³-hybridized carbons (Fsp3) is 0.906. The molecule has 0 heterocycles. The first-order valence-corrected chi connectivity index (χ1v) is 14.4. The van der Waals surface area contributed by atoms with Crippen LogP contribution in [0, 0.1) is 50.7 Å². The largest absolute Gasteiger partial charge is 0.299 e. The molecule has 1 heteroatoms. The van der Waals surface area contributed by atoms with Crippen molar-refractivity contribution < 1.29 is 4.79 Å². The molecular formula is C32H54O. The number of fused-ring (bicyclic) bond motifs is 4. The van der Waals surface area contributed by atoms with E-state index in [1.165, 1.54) is 51.4 Å². The number of ketones is 1. The average molecular weight is 455 g/mol. The lowest BCUT2D eigenvalue weighted by atomic mass is 9.43. The molecule has 0 saturated heterocycles. The number of carbonyl (C=O) groups is 1. The van der Waals surface area contributed by atoms with Gasteiger partial charge in [0.25, 0.3) is 0 Å². The summed E-state index contributed by atoms with van der Waals surface area (Å²) in [5, 5.41) is 0. The Balaban J connectivity index is 1.61. The van der Waals surface area contributed by atoms with Crippen LogP contribution in [0.25, 0.3) is 0 Å². The van der Waals surface area contributed by atoms with Gasteiger partial charge in [-0.3, -0.25) is 4.79 Å². The van der Waals surface area contributed by atoms with Crippen molar-refractivity contribution in [1.82, 2.24) is 0 Å². The van der Waals surface area contributed by atoms with Gasteiger partial charge < -0.3 is 0 Å². The monoisotopic (exact) mass is 454 g/mol. The minimum absolute atomic E-state index is 0.149. The SMILES string of the molecule is CC(CCC(C)C(C)(C)C)C1CC[C@@]2(C)C3=C(CC[C@]12C)[C@@]1(C)CCC(=O)C(C)(C)[C@@H]1CC3. The lowest BCUT2D eigenvalue weighted by Gasteiger charge is -2.61. The van der Waals surface area contributed by atoms with Gasteiger partial charge in [-0.2, -0.15) is 0 Å². The molecule has 0 radical (unpaired) electrons. The Morgan fingerprint density at radius 1 is 0.848 bits per heavy atom. The first-order valence-electron chi connectivity index (χ1n) is 14.4. The minimum Gasteiger partial charge on any atom is -0.299 e. The van der Waals surface area contributed by atoms with Gasteiger partial charge in [0.2, 0.25) is 0 Å². The molecule has 0 spiro atoms. The first kappa shape index (κ1) is 25.5. The van der Waals surface area contributed by atoms with Crippen LogP contribution >= 0.6 is 0 Å². The Morgan fingerprint density at radius 3 is 2.15 bits per heavy atom. The summed E-state index contributed by atoms with van der Waals surface area (Å²) in [6, 6.07) is 0. The van der Waals surface area contributed by atoms with Gasteiger partial charge in [-0.15, -0.1) is 0 Å². The van der Waals surface area contributed by atoms with Crippen molar-refractivity contribution in [3.8, 4) is 0 Å². The molecule has 2 fully saturated rings. The maximum Gasteiger partial charge on any atom is 0.138 e. The Labute approximate surface area is 206 Å². The number of hydrogen-bond donors (Lipinski definition) is 0. The molecule has 0 N–H and O–H groups in total. The highest BCUT2D eigenvalue weighted by molar-refractivity contribution is 5.85. The quantitative estimate of drug-likeness (QED) is 0.387. The zero-order valence-electron chi connectivity index (χ0n) is 23.8. The lowest BCUT2D eigenvalue weighted by molar-refractivity contribution is -0.139. The molecule has 4 aliphatic carbocycles. The fourth-order valence-corrected chi connectivity index (χ4v) is 9.59. The average Bonchev–Trinajstić information content (AvgIpc) is 3.00. The number of Topliss-reactive ketones (excluding diaryl/α,β-unsaturated/α-hetero) is 1.